The Hall–Kier alpha value is -6.24. The fourth-order valence-electron chi connectivity index (χ4n) is 3.83. The van der Waals surface area contributed by atoms with Crippen LogP contribution in [0.5, 0.6) is 0 Å². The molecule has 0 fully saturated rings. The predicted octanol–water partition coefficient (Wildman–Crippen LogP) is 5.61. The van der Waals surface area contributed by atoms with Gasteiger partial charge in [-0.3, -0.25) is 35.1 Å². The number of benzene rings is 3. The van der Waals surface area contributed by atoms with Gasteiger partial charge in [-0.05, 0) is 25.1 Å². The number of methoxy groups -OCH3 is 1. The number of ether oxygens (including phenoxy) is 2. The molecule has 0 unspecified atom stereocenters. The van der Waals surface area contributed by atoms with E-state index in [1.807, 2.05) is 6.92 Å². The number of azo groups is 1. The van der Waals surface area contributed by atoms with Crippen LogP contribution in [-0.2, 0) is 14.3 Å². The average Bonchev–Trinajstić information content (AvgIpc) is 3.03. The number of nitro groups is 2. The van der Waals surface area contributed by atoms with Crippen molar-refractivity contribution in [1.82, 2.24) is 0 Å². The summed E-state index contributed by atoms with van der Waals surface area (Å²) < 4.78 is 9.77. The van der Waals surface area contributed by atoms with Gasteiger partial charge in [0.1, 0.15) is 11.8 Å². The maximum atomic E-state index is 12.3. The first-order chi connectivity index (χ1) is 21.1. The number of carbonyl (C=O) groups is 3. The lowest BCUT2D eigenvalue weighted by Gasteiger charge is -2.23. The van der Waals surface area contributed by atoms with E-state index in [4.69, 9.17) is 4.74 Å². The molecule has 0 spiro atoms. The van der Waals surface area contributed by atoms with Gasteiger partial charge in [-0.2, -0.15) is 5.26 Å². The molecule has 16 heteroatoms. The van der Waals surface area contributed by atoms with Gasteiger partial charge in [0.25, 0.3) is 5.69 Å². The quantitative estimate of drug-likeness (QED) is 0.0831. The molecule has 3 aromatic carbocycles. The fraction of sp³-hybridized carbons (Fsp3) is 0.214. The summed E-state index contributed by atoms with van der Waals surface area (Å²) >= 11 is 0. The monoisotopic (exact) mass is 603 g/mol. The van der Waals surface area contributed by atoms with Crippen molar-refractivity contribution in [2.75, 3.05) is 37.0 Å². The molecule has 0 aliphatic rings. The third-order valence-corrected chi connectivity index (χ3v) is 6.06. The number of rotatable bonds is 13. The average molecular weight is 604 g/mol. The number of ketones is 1. The first-order valence-corrected chi connectivity index (χ1v) is 12.8. The van der Waals surface area contributed by atoms with Crippen LogP contribution in [-0.4, -0.2) is 54.5 Å². The van der Waals surface area contributed by atoms with Crippen LogP contribution in [0.15, 0.2) is 70.9 Å². The largest absolute Gasteiger partial charge is 0.457 e. The number of nitriles is 1. The van der Waals surface area contributed by atoms with E-state index in [2.05, 4.69) is 20.3 Å². The molecule has 0 saturated carbocycles. The Morgan fingerprint density at radius 3 is 2.36 bits per heavy atom. The molecule has 3 rings (SSSR count). The van der Waals surface area contributed by atoms with Crippen LogP contribution in [0.2, 0.25) is 0 Å². The number of non-ortho nitro benzene ring substituents is 1. The minimum Gasteiger partial charge on any atom is -0.457 e. The molecular weight excluding hydrogens is 578 g/mol. The molecule has 226 valence electrons. The molecule has 16 nitrogen and oxygen atoms in total. The highest BCUT2D eigenvalue weighted by atomic mass is 16.6. The molecule has 0 aromatic heterocycles. The van der Waals surface area contributed by atoms with Crippen LogP contribution in [0.3, 0.4) is 0 Å². The topological polar surface area (TPSA) is 220 Å². The molecule has 3 aromatic rings. The number of amides is 1. The van der Waals surface area contributed by atoms with Crippen molar-refractivity contribution in [2.24, 2.45) is 10.2 Å². The van der Waals surface area contributed by atoms with Crippen LogP contribution in [0, 0.1) is 31.6 Å². The normalized spacial score (nSPS) is 10.5. The first kappa shape index (κ1) is 32.3. The van der Waals surface area contributed by atoms with E-state index >= 15 is 0 Å². The van der Waals surface area contributed by atoms with Crippen molar-refractivity contribution in [3.8, 4) is 6.07 Å². The Morgan fingerprint density at radius 2 is 1.75 bits per heavy atom. The van der Waals surface area contributed by atoms with E-state index < -0.39 is 51.1 Å². The Labute approximate surface area is 249 Å². The number of Topliss-reactive ketones (excluding diaryl/α,β-unsaturated/α-hetero) is 1. The number of carbonyl (C=O) groups excluding carboxylic acids is 3. The minimum atomic E-state index is -0.930. The van der Waals surface area contributed by atoms with Gasteiger partial charge in [0.15, 0.2) is 18.1 Å². The zero-order valence-corrected chi connectivity index (χ0v) is 23.5. The molecule has 0 saturated heterocycles. The Morgan fingerprint density at radius 1 is 1.02 bits per heavy atom. The fourth-order valence-corrected chi connectivity index (χ4v) is 3.83. The molecule has 0 aliphatic heterocycles. The first-order valence-electron chi connectivity index (χ1n) is 12.8. The van der Waals surface area contributed by atoms with Gasteiger partial charge in [-0.15, -0.1) is 10.2 Å². The number of anilines is 2. The molecule has 0 bridgehead atoms. The second-order valence-corrected chi connectivity index (χ2v) is 8.78. The molecule has 0 heterocycles. The number of hydrogen-bond donors (Lipinski definition) is 1. The summed E-state index contributed by atoms with van der Waals surface area (Å²) in [5, 5.41) is 42.4. The maximum absolute atomic E-state index is 12.3. The van der Waals surface area contributed by atoms with Crippen molar-refractivity contribution in [3.05, 3.63) is 92.0 Å². The molecule has 0 aliphatic carbocycles. The van der Waals surface area contributed by atoms with Gasteiger partial charge in [-0.1, -0.05) is 30.3 Å². The minimum absolute atomic E-state index is 0.00516. The van der Waals surface area contributed by atoms with Gasteiger partial charge < -0.3 is 14.4 Å². The summed E-state index contributed by atoms with van der Waals surface area (Å²) in [6.45, 7) is 2.04. The lowest BCUT2D eigenvalue weighted by molar-refractivity contribution is -0.393. The van der Waals surface area contributed by atoms with Gasteiger partial charge in [0.05, 0.1) is 40.7 Å². The van der Waals surface area contributed by atoms with Gasteiger partial charge in [-0.25, -0.2) is 4.79 Å². The van der Waals surface area contributed by atoms with Crippen molar-refractivity contribution in [1.29, 1.82) is 5.26 Å². The number of hydrogen-bond acceptors (Lipinski definition) is 13. The summed E-state index contributed by atoms with van der Waals surface area (Å²) in [4.78, 5) is 59.3. The molecule has 1 N–H and O–H groups in total. The van der Waals surface area contributed by atoms with Crippen LogP contribution in [0.25, 0.3) is 0 Å². The van der Waals surface area contributed by atoms with Crippen LogP contribution in [0.4, 0.5) is 38.9 Å². The predicted molar refractivity (Wildman–Crippen MR) is 155 cm³/mol. The van der Waals surface area contributed by atoms with Crippen LogP contribution in [0.1, 0.15) is 29.3 Å². The van der Waals surface area contributed by atoms with E-state index in [9.17, 15) is 39.9 Å². The lowest BCUT2D eigenvalue weighted by atomic mass is 10.1. The summed E-state index contributed by atoms with van der Waals surface area (Å²) in [6, 6.07) is 16.0. The van der Waals surface area contributed by atoms with E-state index in [1.165, 1.54) is 12.1 Å². The molecule has 0 atom stereocenters. The number of esters is 1. The zero-order chi connectivity index (χ0) is 32.2. The van der Waals surface area contributed by atoms with Crippen LogP contribution < -0.4 is 10.2 Å². The highest BCUT2D eigenvalue weighted by Crippen LogP contribution is 2.38. The number of nitrogens with one attached hydrogen (secondary N) is 1. The van der Waals surface area contributed by atoms with Gasteiger partial charge >= 0.3 is 17.7 Å². The Balaban J connectivity index is 1.83. The van der Waals surface area contributed by atoms with E-state index in [-0.39, 0.29) is 30.1 Å². The summed E-state index contributed by atoms with van der Waals surface area (Å²) in [5.74, 6) is -0.931. The van der Waals surface area contributed by atoms with Crippen molar-refractivity contribution >= 4 is 52.0 Å². The van der Waals surface area contributed by atoms with Gasteiger partial charge in [0, 0.05) is 30.4 Å². The maximum Gasteiger partial charge on any atom is 0.411 e. The van der Waals surface area contributed by atoms with E-state index in [0.29, 0.717) is 23.9 Å². The van der Waals surface area contributed by atoms with Gasteiger partial charge in [0.2, 0.25) is 0 Å². The SMILES string of the molecule is CCN(CCC(=O)OCC(=O)c1ccccc1)c1ccc(N=Nc2c(C#N)cc([N+](=O)[O-])cc2[N+](=O)[O-])c(NC(=O)OC)c1. The Bertz CT molecular complexity index is 1650. The summed E-state index contributed by atoms with van der Waals surface area (Å²) in [5.41, 5.74) is -1.43. The Kier molecular flexibility index (Phi) is 11.1. The lowest BCUT2D eigenvalue weighted by Crippen LogP contribution is -2.27. The smallest absolute Gasteiger partial charge is 0.411 e. The summed E-state index contributed by atoms with van der Waals surface area (Å²) in [6.07, 6.45) is -0.926. The molecule has 0 radical (unpaired) electrons. The molecular formula is C28H25N7O9. The highest BCUT2D eigenvalue weighted by Gasteiger charge is 2.25. The third-order valence-electron chi connectivity index (χ3n) is 6.06. The standard InChI is InChI=1S/C28H25N7O9/c1-3-33(12-11-26(37)44-17-25(36)18-7-5-4-6-8-18)20-9-10-22(23(14-20)30-28(38)43-2)31-32-27-19(16-29)13-21(34(39)40)15-24(27)35(41)42/h4-10,13-15H,3,11-12,17H2,1-2H3,(H,30,38). The highest BCUT2D eigenvalue weighted by molar-refractivity contribution is 5.97. The molecule has 1 amide bonds. The third kappa shape index (κ3) is 8.39. The van der Waals surface area contributed by atoms with Crippen molar-refractivity contribution < 1.29 is 33.7 Å². The van der Waals surface area contributed by atoms with Crippen LogP contribution >= 0.6 is 0 Å². The second-order valence-electron chi connectivity index (χ2n) is 8.78. The number of nitro benzene ring substituents is 2. The second kappa shape index (κ2) is 15.1. The van der Waals surface area contributed by atoms with E-state index in [1.54, 1.807) is 47.4 Å². The zero-order valence-electron chi connectivity index (χ0n) is 23.5. The number of nitrogens with zero attached hydrogens (tertiary/aromatic N) is 6. The van der Waals surface area contributed by atoms with Crippen molar-refractivity contribution in [2.45, 2.75) is 13.3 Å². The van der Waals surface area contributed by atoms with E-state index in [0.717, 1.165) is 13.2 Å². The molecule has 44 heavy (non-hydrogen) atoms. The summed E-state index contributed by atoms with van der Waals surface area (Å²) in [7, 11) is 1.13. The van der Waals surface area contributed by atoms with Crippen molar-refractivity contribution in [3.63, 3.8) is 0 Å².